The Balaban J connectivity index is 1.21. The maximum absolute atomic E-state index is 12.6. The summed E-state index contributed by atoms with van der Waals surface area (Å²) in [5, 5.41) is 3.14. The highest BCUT2D eigenvalue weighted by Crippen LogP contribution is 2.32. The molecule has 6 rings (SSSR count). The number of ether oxygens (including phenoxy) is 1. The first-order chi connectivity index (χ1) is 20.8. The summed E-state index contributed by atoms with van der Waals surface area (Å²) in [6, 6.07) is 10.5. The molecule has 0 aliphatic carbocycles. The highest BCUT2D eigenvalue weighted by molar-refractivity contribution is 5.97. The Morgan fingerprint density at radius 3 is 2.74 bits per heavy atom. The number of carbonyl (C=O) groups is 2. The van der Waals surface area contributed by atoms with Gasteiger partial charge in [0, 0.05) is 69.6 Å². The van der Waals surface area contributed by atoms with Crippen molar-refractivity contribution in [2.75, 3.05) is 40.4 Å². The molecule has 0 bridgehead atoms. The van der Waals surface area contributed by atoms with Crippen molar-refractivity contribution in [2.45, 2.75) is 52.1 Å². The van der Waals surface area contributed by atoms with Crippen LogP contribution in [0.2, 0.25) is 0 Å². The van der Waals surface area contributed by atoms with Crippen LogP contribution in [0.25, 0.3) is 33.5 Å². The van der Waals surface area contributed by atoms with E-state index in [1.807, 2.05) is 37.5 Å². The third-order valence-electron chi connectivity index (χ3n) is 8.67. The first-order valence-corrected chi connectivity index (χ1v) is 15.2. The molecule has 1 atom stereocenters. The number of amides is 2. The molecule has 2 aliphatic heterocycles. The maximum Gasteiger partial charge on any atom is 0.253 e. The van der Waals surface area contributed by atoms with Crippen molar-refractivity contribution in [3.8, 4) is 22.4 Å². The van der Waals surface area contributed by atoms with E-state index < -0.39 is 0 Å². The van der Waals surface area contributed by atoms with Crippen LogP contribution in [0.1, 0.15) is 51.9 Å². The average molecular weight is 581 g/mol. The first-order valence-electron chi connectivity index (χ1n) is 15.2. The van der Waals surface area contributed by atoms with Crippen LogP contribution < -0.4 is 5.32 Å². The summed E-state index contributed by atoms with van der Waals surface area (Å²) < 4.78 is 5.50. The molecule has 9 nitrogen and oxygen atoms in total. The fourth-order valence-electron chi connectivity index (χ4n) is 6.29. The van der Waals surface area contributed by atoms with Crippen molar-refractivity contribution < 1.29 is 14.3 Å². The number of nitrogens with zero attached hydrogens (tertiary/aromatic N) is 4. The SMILES string of the molecule is Cc1cc(-c2c[nH]c3ncc(-c4cc(C)c5c(c4)CN(CCC(=O)N[C@@H]4CCCOC4)CC5)nc23)ccc1C(=O)N(C)C. The molecule has 0 unspecified atom stereocenters. The molecular formula is C34H40N6O3. The minimum Gasteiger partial charge on any atom is -0.379 e. The Labute approximate surface area is 252 Å². The Hall–Kier alpha value is -4.08. The number of nitrogens with one attached hydrogen (secondary N) is 2. The van der Waals surface area contributed by atoms with Crippen LogP contribution in [0.3, 0.4) is 0 Å². The molecule has 9 heteroatoms. The number of H-pyrrole nitrogens is 1. The molecule has 43 heavy (non-hydrogen) atoms. The van der Waals surface area contributed by atoms with Crippen LogP contribution in [-0.2, 0) is 22.5 Å². The van der Waals surface area contributed by atoms with Gasteiger partial charge in [0.15, 0.2) is 5.65 Å². The quantitative estimate of drug-likeness (QED) is 0.330. The molecule has 2 aromatic heterocycles. The predicted molar refractivity (Wildman–Crippen MR) is 168 cm³/mol. The molecule has 4 aromatic rings. The Bertz CT molecular complexity index is 1670. The molecule has 4 heterocycles. The van der Waals surface area contributed by atoms with Crippen LogP contribution in [0, 0.1) is 13.8 Å². The minimum atomic E-state index is -0.00999. The van der Waals surface area contributed by atoms with E-state index in [4.69, 9.17) is 14.7 Å². The van der Waals surface area contributed by atoms with E-state index in [9.17, 15) is 9.59 Å². The molecule has 0 saturated carbocycles. The summed E-state index contributed by atoms with van der Waals surface area (Å²) in [7, 11) is 3.53. The Kier molecular flexibility index (Phi) is 8.27. The molecular weight excluding hydrogens is 540 g/mol. The summed E-state index contributed by atoms with van der Waals surface area (Å²) in [5.41, 5.74) is 10.9. The van der Waals surface area contributed by atoms with Crippen molar-refractivity contribution in [1.82, 2.24) is 30.1 Å². The lowest BCUT2D eigenvalue weighted by Crippen LogP contribution is -2.42. The number of benzene rings is 2. The number of aryl methyl sites for hydroxylation is 2. The maximum atomic E-state index is 12.6. The summed E-state index contributed by atoms with van der Waals surface area (Å²) in [4.78, 5) is 42.1. The zero-order valence-electron chi connectivity index (χ0n) is 25.5. The van der Waals surface area contributed by atoms with Crippen LogP contribution in [0.15, 0.2) is 42.7 Å². The first kappa shape index (κ1) is 29.0. The second-order valence-corrected chi connectivity index (χ2v) is 12.1. The summed E-state index contributed by atoms with van der Waals surface area (Å²) >= 11 is 0. The average Bonchev–Trinajstić information content (AvgIpc) is 3.43. The highest BCUT2D eigenvalue weighted by atomic mass is 16.5. The zero-order valence-corrected chi connectivity index (χ0v) is 25.5. The van der Waals surface area contributed by atoms with E-state index in [2.05, 4.69) is 34.3 Å². The number of fused-ring (bicyclic) bond motifs is 2. The Morgan fingerprint density at radius 2 is 1.98 bits per heavy atom. The van der Waals surface area contributed by atoms with E-state index in [0.717, 1.165) is 84.6 Å². The zero-order chi connectivity index (χ0) is 30.1. The van der Waals surface area contributed by atoms with Gasteiger partial charge in [-0.1, -0.05) is 12.1 Å². The molecule has 224 valence electrons. The van der Waals surface area contributed by atoms with Crippen LogP contribution in [0.4, 0.5) is 0 Å². The minimum absolute atomic E-state index is 0.00999. The molecule has 2 N–H and O–H groups in total. The fraction of sp³-hybridized carbons (Fsp3) is 0.412. The number of aromatic nitrogens is 3. The van der Waals surface area contributed by atoms with Crippen LogP contribution >= 0.6 is 0 Å². The van der Waals surface area contributed by atoms with Gasteiger partial charge in [-0.2, -0.15) is 0 Å². The third-order valence-corrected chi connectivity index (χ3v) is 8.67. The largest absolute Gasteiger partial charge is 0.379 e. The molecule has 1 fully saturated rings. The lowest BCUT2D eigenvalue weighted by Gasteiger charge is -2.30. The highest BCUT2D eigenvalue weighted by Gasteiger charge is 2.22. The van der Waals surface area contributed by atoms with Gasteiger partial charge in [-0.3, -0.25) is 14.5 Å². The van der Waals surface area contributed by atoms with Crippen LogP contribution in [-0.4, -0.2) is 83.0 Å². The topological polar surface area (TPSA) is 103 Å². The van der Waals surface area contributed by atoms with Gasteiger partial charge in [0.25, 0.3) is 5.91 Å². The number of rotatable bonds is 7. The molecule has 1 saturated heterocycles. The fourth-order valence-corrected chi connectivity index (χ4v) is 6.29. The number of hydrogen-bond donors (Lipinski definition) is 2. The van der Waals surface area contributed by atoms with Gasteiger partial charge in [-0.25, -0.2) is 9.97 Å². The van der Waals surface area contributed by atoms with Gasteiger partial charge in [-0.15, -0.1) is 0 Å². The van der Waals surface area contributed by atoms with E-state index in [0.29, 0.717) is 18.6 Å². The second-order valence-electron chi connectivity index (χ2n) is 12.1. The van der Waals surface area contributed by atoms with Gasteiger partial charge < -0.3 is 19.9 Å². The number of hydrogen-bond acceptors (Lipinski definition) is 6. The molecule has 0 radical (unpaired) electrons. The number of aromatic amines is 1. The lowest BCUT2D eigenvalue weighted by atomic mass is 9.92. The summed E-state index contributed by atoms with van der Waals surface area (Å²) in [5.74, 6) is 0.0930. The van der Waals surface area contributed by atoms with Gasteiger partial charge in [-0.05, 0) is 79.1 Å². The van der Waals surface area contributed by atoms with Gasteiger partial charge in [0.2, 0.25) is 5.91 Å². The second kappa shape index (κ2) is 12.3. The van der Waals surface area contributed by atoms with Gasteiger partial charge in [0.1, 0.15) is 5.52 Å². The lowest BCUT2D eigenvalue weighted by molar-refractivity contribution is -0.123. The van der Waals surface area contributed by atoms with Gasteiger partial charge in [0.05, 0.1) is 24.5 Å². The van der Waals surface area contributed by atoms with E-state index in [-0.39, 0.29) is 17.9 Å². The standard InChI is InChI=1S/C34H40N6O3/c1-21-15-24(16-25-19-40(11-9-27(21)25)12-10-31(41)37-26-6-5-13-43-20-26)30-18-36-33-32(38-30)29(17-35-33)23-7-8-28(22(2)14-23)34(42)39(3)4/h7-8,14-18,26H,5-6,9-13,19-20H2,1-4H3,(H,35,36)(H,37,41)/t26-/m1/s1. The van der Waals surface area contributed by atoms with Crippen molar-refractivity contribution in [2.24, 2.45) is 0 Å². The monoisotopic (exact) mass is 580 g/mol. The third kappa shape index (κ3) is 6.19. The predicted octanol–water partition coefficient (Wildman–Crippen LogP) is 4.65. The Morgan fingerprint density at radius 1 is 1.14 bits per heavy atom. The molecule has 2 aromatic carbocycles. The van der Waals surface area contributed by atoms with E-state index in [1.165, 1.54) is 16.7 Å². The van der Waals surface area contributed by atoms with E-state index in [1.54, 1.807) is 19.0 Å². The van der Waals surface area contributed by atoms with Crippen molar-refractivity contribution in [1.29, 1.82) is 0 Å². The molecule has 2 aliphatic rings. The van der Waals surface area contributed by atoms with E-state index >= 15 is 0 Å². The molecule has 0 spiro atoms. The normalized spacial score (nSPS) is 17.1. The molecule has 2 amide bonds. The van der Waals surface area contributed by atoms with Crippen molar-refractivity contribution in [3.63, 3.8) is 0 Å². The van der Waals surface area contributed by atoms with Crippen molar-refractivity contribution >= 4 is 23.0 Å². The van der Waals surface area contributed by atoms with Gasteiger partial charge >= 0.3 is 0 Å². The van der Waals surface area contributed by atoms with Crippen LogP contribution in [0.5, 0.6) is 0 Å². The summed E-state index contributed by atoms with van der Waals surface area (Å²) in [6.45, 7) is 8.04. The summed E-state index contributed by atoms with van der Waals surface area (Å²) in [6.07, 6.45) is 7.22. The van der Waals surface area contributed by atoms with Crippen molar-refractivity contribution in [3.05, 3.63) is 70.5 Å². The smallest absolute Gasteiger partial charge is 0.253 e. The number of carbonyl (C=O) groups excluding carboxylic acids is 2.